The SMILES string of the molecule is CN=C(NCCS(=O)c1ccccc1)N1CCC(C)(C)C1.I. The van der Waals surface area contributed by atoms with Crippen molar-refractivity contribution in [1.82, 2.24) is 10.2 Å². The van der Waals surface area contributed by atoms with Crippen LogP contribution in [0.2, 0.25) is 0 Å². The number of benzene rings is 1. The van der Waals surface area contributed by atoms with Crippen LogP contribution in [0.25, 0.3) is 0 Å². The van der Waals surface area contributed by atoms with E-state index < -0.39 is 10.8 Å². The third-order valence-electron chi connectivity index (χ3n) is 3.77. The largest absolute Gasteiger partial charge is 0.355 e. The fraction of sp³-hybridized carbons (Fsp3) is 0.562. The van der Waals surface area contributed by atoms with Crippen LogP contribution >= 0.6 is 24.0 Å². The normalized spacial score (nSPS) is 18.7. The highest BCUT2D eigenvalue weighted by Crippen LogP contribution is 2.28. The Kier molecular flexibility index (Phi) is 7.82. The third-order valence-corrected chi connectivity index (χ3v) is 5.14. The number of nitrogens with zero attached hydrogens (tertiary/aromatic N) is 2. The van der Waals surface area contributed by atoms with Crippen molar-refractivity contribution in [2.75, 3.05) is 32.4 Å². The van der Waals surface area contributed by atoms with Crippen LogP contribution in [0.4, 0.5) is 0 Å². The first-order valence-electron chi connectivity index (χ1n) is 7.41. The molecule has 0 amide bonds. The highest BCUT2D eigenvalue weighted by atomic mass is 127. The molecule has 124 valence electrons. The van der Waals surface area contributed by atoms with Crippen molar-refractivity contribution in [3.63, 3.8) is 0 Å². The molecule has 1 N–H and O–H groups in total. The molecule has 1 heterocycles. The number of halogens is 1. The predicted molar refractivity (Wildman–Crippen MR) is 104 cm³/mol. The molecule has 1 aromatic rings. The van der Waals surface area contributed by atoms with Crippen LogP contribution < -0.4 is 5.32 Å². The molecule has 1 aliphatic rings. The Hall–Kier alpha value is -0.630. The summed E-state index contributed by atoms with van der Waals surface area (Å²) in [5.41, 5.74) is 0.352. The number of rotatable bonds is 4. The van der Waals surface area contributed by atoms with Gasteiger partial charge in [0, 0.05) is 37.3 Å². The van der Waals surface area contributed by atoms with Crippen LogP contribution in [0.15, 0.2) is 40.2 Å². The van der Waals surface area contributed by atoms with Crippen molar-refractivity contribution in [3.05, 3.63) is 30.3 Å². The molecule has 1 unspecified atom stereocenters. The first-order chi connectivity index (χ1) is 10.0. The molecule has 1 atom stereocenters. The van der Waals surface area contributed by atoms with Gasteiger partial charge in [-0.15, -0.1) is 24.0 Å². The fourth-order valence-electron chi connectivity index (χ4n) is 2.57. The summed E-state index contributed by atoms with van der Waals surface area (Å²) >= 11 is 0. The Morgan fingerprint density at radius 1 is 1.36 bits per heavy atom. The quantitative estimate of drug-likeness (QED) is 0.450. The summed E-state index contributed by atoms with van der Waals surface area (Å²) < 4.78 is 12.2. The second-order valence-electron chi connectivity index (χ2n) is 6.17. The average molecular weight is 435 g/mol. The van der Waals surface area contributed by atoms with Gasteiger partial charge in [-0.2, -0.15) is 0 Å². The maximum absolute atomic E-state index is 12.2. The zero-order valence-corrected chi connectivity index (χ0v) is 16.7. The lowest BCUT2D eigenvalue weighted by molar-refractivity contribution is 0.370. The molecule has 1 fully saturated rings. The van der Waals surface area contributed by atoms with Gasteiger partial charge in [0.15, 0.2) is 5.96 Å². The van der Waals surface area contributed by atoms with Crippen LogP contribution in [0.5, 0.6) is 0 Å². The van der Waals surface area contributed by atoms with Crippen molar-refractivity contribution in [2.24, 2.45) is 10.4 Å². The number of aliphatic imine (C=N–C) groups is 1. The smallest absolute Gasteiger partial charge is 0.193 e. The standard InChI is InChI=1S/C16H25N3OS.HI/c1-16(2)9-11-19(13-16)15(17-3)18-10-12-21(20)14-7-5-4-6-8-14;/h4-8H,9-13H2,1-3H3,(H,17,18);1H. The van der Waals surface area contributed by atoms with Gasteiger partial charge in [-0.3, -0.25) is 9.20 Å². The number of hydrogen-bond acceptors (Lipinski definition) is 2. The number of hydrogen-bond donors (Lipinski definition) is 1. The summed E-state index contributed by atoms with van der Waals surface area (Å²) in [5.74, 6) is 1.52. The first-order valence-corrected chi connectivity index (χ1v) is 8.73. The van der Waals surface area contributed by atoms with Crippen LogP contribution in [0.3, 0.4) is 0 Å². The number of likely N-dealkylation sites (tertiary alicyclic amines) is 1. The Bertz CT molecular complexity index is 519. The van der Waals surface area contributed by atoms with E-state index in [0.717, 1.165) is 23.9 Å². The van der Waals surface area contributed by atoms with E-state index in [4.69, 9.17) is 0 Å². The topological polar surface area (TPSA) is 44.7 Å². The Balaban J connectivity index is 0.00000242. The maximum Gasteiger partial charge on any atom is 0.193 e. The Labute approximate surface area is 153 Å². The van der Waals surface area contributed by atoms with Gasteiger partial charge in [0.2, 0.25) is 0 Å². The third kappa shape index (κ3) is 5.53. The van der Waals surface area contributed by atoms with E-state index in [1.807, 2.05) is 37.4 Å². The minimum Gasteiger partial charge on any atom is -0.355 e. The van der Waals surface area contributed by atoms with Gasteiger partial charge in [0.1, 0.15) is 0 Å². The molecule has 0 aromatic heterocycles. The summed E-state index contributed by atoms with van der Waals surface area (Å²) in [6, 6.07) is 9.61. The molecule has 1 aromatic carbocycles. The predicted octanol–water partition coefficient (Wildman–Crippen LogP) is 2.72. The van der Waals surface area contributed by atoms with Crippen LogP contribution in [0.1, 0.15) is 20.3 Å². The summed E-state index contributed by atoms with van der Waals surface area (Å²) in [5, 5.41) is 3.33. The zero-order valence-electron chi connectivity index (χ0n) is 13.5. The first kappa shape index (κ1) is 19.4. The van der Waals surface area contributed by atoms with Gasteiger partial charge in [0.05, 0.1) is 10.8 Å². The fourth-order valence-corrected chi connectivity index (χ4v) is 3.55. The highest BCUT2D eigenvalue weighted by Gasteiger charge is 2.30. The van der Waals surface area contributed by atoms with Crippen molar-refractivity contribution < 1.29 is 4.21 Å². The second-order valence-corrected chi connectivity index (χ2v) is 7.74. The van der Waals surface area contributed by atoms with E-state index in [2.05, 4.69) is 29.1 Å². The van der Waals surface area contributed by atoms with Crippen LogP contribution in [0, 0.1) is 5.41 Å². The van der Waals surface area contributed by atoms with Gasteiger partial charge in [-0.25, -0.2) is 0 Å². The summed E-state index contributed by atoms with van der Waals surface area (Å²) in [7, 11) is 0.853. The molecule has 4 nitrogen and oxygen atoms in total. The lowest BCUT2D eigenvalue weighted by atomic mass is 9.93. The van der Waals surface area contributed by atoms with E-state index >= 15 is 0 Å². The second kappa shape index (κ2) is 8.86. The molecule has 0 bridgehead atoms. The molecular formula is C16H26IN3OS. The molecule has 6 heteroatoms. The van der Waals surface area contributed by atoms with Crippen molar-refractivity contribution >= 4 is 40.7 Å². The molecule has 0 radical (unpaired) electrons. The molecule has 0 saturated carbocycles. The van der Waals surface area contributed by atoms with E-state index in [0.29, 0.717) is 17.7 Å². The van der Waals surface area contributed by atoms with Gasteiger partial charge < -0.3 is 10.2 Å². The van der Waals surface area contributed by atoms with Crippen molar-refractivity contribution in [1.29, 1.82) is 0 Å². The van der Waals surface area contributed by atoms with Crippen LogP contribution in [-0.4, -0.2) is 47.5 Å². The monoisotopic (exact) mass is 435 g/mol. The van der Waals surface area contributed by atoms with Crippen molar-refractivity contribution in [2.45, 2.75) is 25.2 Å². The lowest BCUT2D eigenvalue weighted by Crippen LogP contribution is -2.42. The molecule has 0 spiro atoms. The molecule has 1 saturated heterocycles. The highest BCUT2D eigenvalue weighted by molar-refractivity contribution is 14.0. The van der Waals surface area contributed by atoms with E-state index in [1.54, 1.807) is 0 Å². The molecular weight excluding hydrogens is 409 g/mol. The lowest BCUT2D eigenvalue weighted by Gasteiger charge is -2.23. The number of guanidine groups is 1. The van der Waals surface area contributed by atoms with Gasteiger partial charge >= 0.3 is 0 Å². The molecule has 1 aliphatic heterocycles. The molecule has 0 aliphatic carbocycles. The van der Waals surface area contributed by atoms with E-state index in [9.17, 15) is 4.21 Å². The minimum absolute atomic E-state index is 0. The van der Waals surface area contributed by atoms with Crippen LogP contribution in [-0.2, 0) is 10.8 Å². The summed E-state index contributed by atoms with van der Waals surface area (Å²) in [6.07, 6.45) is 1.18. The van der Waals surface area contributed by atoms with Gasteiger partial charge in [-0.1, -0.05) is 32.0 Å². The minimum atomic E-state index is -0.955. The Morgan fingerprint density at radius 2 is 2.05 bits per heavy atom. The van der Waals surface area contributed by atoms with Gasteiger partial charge in [-0.05, 0) is 24.0 Å². The van der Waals surface area contributed by atoms with E-state index in [1.165, 1.54) is 6.42 Å². The molecule has 2 rings (SSSR count). The zero-order chi connectivity index (χ0) is 15.3. The van der Waals surface area contributed by atoms with Crippen molar-refractivity contribution in [3.8, 4) is 0 Å². The molecule has 22 heavy (non-hydrogen) atoms. The van der Waals surface area contributed by atoms with Gasteiger partial charge in [0.25, 0.3) is 0 Å². The summed E-state index contributed by atoms with van der Waals surface area (Å²) in [6.45, 7) is 7.30. The maximum atomic E-state index is 12.2. The van der Waals surface area contributed by atoms with E-state index in [-0.39, 0.29) is 24.0 Å². The number of nitrogens with one attached hydrogen (secondary N) is 1. The Morgan fingerprint density at radius 3 is 2.59 bits per heavy atom. The average Bonchev–Trinajstić information content (AvgIpc) is 2.84. The summed E-state index contributed by atoms with van der Waals surface area (Å²) in [4.78, 5) is 7.51.